The third kappa shape index (κ3) is 3.54. The number of hydrogen-bond donors (Lipinski definition) is 1. The molecule has 2 rings (SSSR count). The molecule has 3 heteroatoms. The van der Waals surface area contributed by atoms with Crippen molar-refractivity contribution in [1.82, 2.24) is 0 Å². The Labute approximate surface area is 104 Å². The summed E-state index contributed by atoms with van der Waals surface area (Å²) in [4.78, 5) is 0. The summed E-state index contributed by atoms with van der Waals surface area (Å²) in [7, 11) is 0. The van der Waals surface area contributed by atoms with Crippen LogP contribution >= 0.6 is 0 Å². The number of benzene rings is 1. The molecule has 1 saturated carbocycles. The van der Waals surface area contributed by atoms with Gasteiger partial charge < -0.3 is 0 Å². The molecule has 1 atom stereocenters. The van der Waals surface area contributed by atoms with Gasteiger partial charge in [0.15, 0.2) is 0 Å². The molecule has 2 nitrogen and oxygen atoms in total. The van der Waals surface area contributed by atoms with Crippen molar-refractivity contribution in [3.63, 3.8) is 0 Å². The third-order valence-electron chi connectivity index (χ3n) is 2.73. The van der Waals surface area contributed by atoms with Crippen LogP contribution < -0.4 is 0 Å². The Morgan fingerprint density at radius 3 is 2.69 bits per heavy atom. The van der Waals surface area contributed by atoms with Gasteiger partial charge in [-0.3, -0.25) is 0 Å². The normalized spacial score (nSPS) is 17.1. The predicted molar refractivity (Wildman–Crippen MR) is 59.7 cm³/mol. The van der Waals surface area contributed by atoms with E-state index in [0.717, 1.165) is 10.1 Å². The van der Waals surface area contributed by atoms with Gasteiger partial charge in [-0.2, -0.15) is 0 Å². The molecule has 0 radical (unpaired) electrons. The Morgan fingerprint density at radius 1 is 1.38 bits per heavy atom. The molecule has 1 unspecified atom stereocenters. The molecule has 16 heavy (non-hydrogen) atoms. The second kappa shape index (κ2) is 5.75. The summed E-state index contributed by atoms with van der Waals surface area (Å²) in [6, 6.07) is 9.71. The van der Waals surface area contributed by atoms with Gasteiger partial charge in [0.25, 0.3) is 0 Å². The maximum absolute atomic E-state index is 9.89. The van der Waals surface area contributed by atoms with E-state index in [9.17, 15) is 5.11 Å². The number of hydrogen-bond acceptors (Lipinski definition) is 2. The van der Waals surface area contributed by atoms with Crippen molar-refractivity contribution in [1.29, 1.82) is 0 Å². The molecular formula is C13H16CrO2. The first kappa shape index (κ1) is 12.0. The van der Waals surface area contributed by atoms with Gasteiger partial charge in [-0.05, 0) is 0 Å². The molecule has 0 aliphatic heterocycles. The molecule has 0 spiro atoms. The standard InChI is InChI=1S/C13H16O2.Cr/c14-13(12-4-2-1-3-5-12)8-9-15-10-11-6-7-11;/h1-5,11,13-14H,6-9H2;. The average molecular weight is 256 g/mol. The number of aliphatic hydroxyl groups excluding tert-OH is 1. The molecule has 86 valence electrons. The van der Waals surface area contributed by atoms with E-state index in [2.05, 4.69) is 15.9 Å². The fraction of sp³-hybridized carbons (Fsp3) is 0.462. The van der Waals surface area contributed by atoms with Crippen molar-refractivity contribution < 1.29 is 25.7 Å². The van der Waals surface area contributed by atoms with Crippen LogP contribution in [0.15, 0.2) is 30.3 Å². The van der Waals surface area contributed by atoms with E-state index in [1.54, 1.807) is 0 Å². The minimum absolute atomic E-state index is 0.423. The third-order valence-corrected chi connectivity index (χ3v) is 3.44. The molecule has 0 saturated heterocycles. The molecule has 1 fully saturated rings. The fourth-order valence-corrected chi connectivity index (χ4v) is 2.05. The van der Waals surface area contributed by atoms with E-state index < -0.39 is 6.10 Å². The zero-order valence-electron chi connectivity index (χ0n) is 9.13. The van der Waals surface area contributed by atoms with Crippen molar-refractivity contribution in [2.45, 2.75) is 25.4 Å². The van der Waals surface area contributed by atoms with E-state index in [0.29, 0.717) is 18.9 Å². The number of rotatable bonds is 6. The van der Waals surface area contributed by atoms with Crippen LogP contribution in [0.4, 0.5) is 0 Å². The molecule has 0 amide bonds. The monoisotopic (exact) mass is 256 g/mol. The molecule has 1 aliphatic rings. The van der Waals surface area contributed by atoms with Crippen LogP contribution in [0.3, 0.4) is 0 Å². The summed E-state index contributed by atoms with van der Waals surface area (Å²) in [6.45, 7) is 0.578. The van der Waals surface area contributed by atoms with Crippen LogP contribution in [0.2, 0.25) is 0 Å². The Kier molecular flexibility index (Phi) is 4.31. The quantitative estimate of drug-likeness (QED) is 0.845. The van der Waals surface area contributed by atoms with Crippen LogP contribution in [-0.2, 0) is 20.6 Å². The first-order valence-electron chi connectivity index (χ1n) is 5.67. The van der Waals surface area contributed by atoms with E-state index in [-0.39, 0.29) is 0 Å². The van der Waals surface area contributed by atoms with Gasteiger partial charge in [0.05, 0.1) is 0 Å². The SMILES string of the molecule is OC(CCO[C](=[Cr])C1CC1)c1ccccc1. The van der Waals surface area contributed by atoms with E-state index in [1.807, 2.05) is 30.3 Å². The topological polar surface area (TPSA) is 29.5 Å². The average Bonchev–Trinajstić information content (AvgIpc) is 3.14. The van der Waals surface area contributed by atoms with Crippen molar-refractivity contribution in [2.75, 3.05) is 6.61 Å². The van der Waals surface area contributed by atoms with Gasteiger partial charge in [0.2, 0.25) is 0 Å². The van der Waals surface area contributed by atoms with Crippen molar-refractivity contribution in [2.24, 2.45) is 5.92 Å². The summed E-state index contributed by atoms with van der Waals surface area (Å²) < 4.78 is 6.57. The predicted octanol–water partition coefficient (Wildman–Crippen LogP) is 2.21. The summed E-state index contributed by atoms with van der Waals surface area (Å²) in [5.41, 5.74) is 0.958. The van der Waals surface area contributed by atoms with E-state index in [1.165, 1.54) is 12.8 Å². The first-order valence-corrected chi connectivity index (χ1v) is 6.31. The molecule has 1 aromatic rings. The zero-order valence-corrected chi connectivity index (χ0v) is 10.4. The van der Waals surface area contributed by atoms with Crippen molar-refractivity contribution >= 4 is 4.57 Å². The first-order chi connectivity index (χ1) is 7.77. The number of ether oxygens (including phenoxy) is 1. The molecule has 0 aromatic heterocycles. The summed E-state index contributed by atoms with van der Waals surface area (Å²) >= 11 is 2.97. The zero-order chi connectivity index (χ0) is 11.4. The van der Waals surface area contributed by atoms with Crippen LogP contribution in [0.5, 0.6) is 0 Å². The summed E-state index contributed by atoms with van der Waals surface area (Å²) in [6.07, 6.45) is 2.70. The maximum atomic E-state index is 9.89. The van der Waals surface area contributed by atoms with Gasteiger partial charge in [-0.25, -0.2) is 0 Å². The number of aliphatic hydroxyl groups is 1. The van der Waals surface area contributed by atoms with Gasteiger partial charge in [0.1, 0.15) is 0 Å². The van der Waals surface area contributed by atoms with Crippen LogP contribution in [0.25, 0.3) is 0 Å². The second-order valence-electron chi connectivity index (χ2n) is 4.16. The molecular weight excluding hydrogens is 240 g/mol. The van der Waals surface area contributed by atoms with Gasteiger partial charge in [0, 0.05) is 0 Å². The Morgan fingerprint density at radius 2 is 2.06 bits per heavy atom. The molecule has 0 bridgehead atoms. The molecule has 1 N–H and O–H groups in total. The molecule has 1 aliphatic carbocycles. The van der Waals surface area contributed by atoms with Gasteiger partial charge in [-0.1, -0.05) is 0 Å². The van der Waals surface area contributed by atoms with Gasteiger partial charge >= 0.3 is 104 Å². The fourth-order valence-electron chi connectivity index (χ4n) is 1.55. The van der Waals surface area contributed by atoms with Crippen molar-refractivity contribution in [3.8, 4) is 0 Å². The molecule has 0 heterocycles. The van der Waals surface area contributed by atoms with E-state index in [4.69, 9.17) is 4.74 Å². The Bertz CT molecular complexity index is 346. The molecule has 1 aromatic carbocycles. The summed E-state index contributed by atoms with van der Waals surface area (Å²) in [5.74, 6) is 0.633. The summed E-state index contributed by atoms with van der Waals surface area (Å²) in [5, 5.41) is 9.89. The van der Waals surface area contributed by atoms with Crippen LogP contribution in [0.1, 0.15) is 30.9 Å². The van der Waals surface area contributed by atoms with Crippen LogP contribution in [-0.4, -0.2) is 16.3 Å². The van der Waals surface area contributed by atoms with E-state index >= 15 is 0 Å². The van der Waals surface area contributed by atoms with Crippen LogP contribution in [0, 0.1) is 5.92 Å². The van der Waals surface area contributed by atoms with Gasteiger partial charge in [-0.15, -0.1) is 0 Å². The van der Waals surface area contributed by atoms with Crippen molar-refractivity contribution in [3.05, 3.63) is 35.9 Å². The minimum atomic E-state index is -0.423. The second-order valence-corrected chi connectivity index (χ2v) is 4.79. The Hall–Kier alpha value is -0.458. The Balaban J connectivity index is 1.71.